The van der Waals surface area contributed by atoms with Crippen molar-refractivity contribution in [2.45, 2.75) is 13.0 Å². The van der Waals surface area contributed by atoms with E-state index in [1.54, 1.807) is 0 Å². The molecule has 0 saturated carbocycles. The van der Waals surface area contributed by atoms with Crippen molar-refractivity contribution in [3.8, 4) is 11.5 Å². The number of piperazine rings is 1. The van der Waals surface area contributed by atoms with Gasteiger partial charge in [0.05, 0.1) is 0 Å². The predicted molar refractivity (Wildman–Crippen MR) is 102 cm³/mol. The second-order valence-electron chi connectivity index (χ2n) is 6.72. The van der Waals surface area contributed by atoms with Crippen LogP contribution < -0.4 is 0 Å². The largest absolute Gasteiger partial charge is 0.421 e. The maximum Gasteiger partial charge on any atom is 0.247 e. The van der Waals surface area contributed by atoms with E-state index < -0.39 is 0 Å². The van der Waals surface area contributed by atoms with E-state index >= 15 is 0 Å². The molecule has 4 rings (SSSR count). The quantitative estimate of drug-likeness (QED) is 0.685. The average molecular weight is 348 g/mol. The van der Waals surface area contributed by atoms with E-state index in [9.17, 15) is 0 Å². The fraction of sp³-hybridized carbons (Fsp3) is 0.333. The van der Waals surface area contributed by atoms with Crippen LogP contribution in [0.2, 0.25) is 0 Å². The molecule has 0 unspecified atom stereocenters. The highest BCUT2D eigenvalue weighted by atomic mass is 16.4. The van der Waals surface area contributed by atoms with Gasteiger partial charge in [-0.15, -0.1) is 10.2 Å². The number of benzene rings is 2. The third-order valence-corrected chi connectivity index (χ3v) is 4.84. The summed E-state index contributed by atoms with van der Waals surface area (Å²) in [5.41, 5.74) is 2.36. The Morgan fingerprint density at radius 1 is 0.769 bits per heavy atom. The van der Waals surface area contributed by atoms with Gasteiger partial charge >= 0.3 is 0 Å². The first-order valence-electron chi connectivity index (χ1n) is 9.23. The van der Waals surface area contributed by atoms with Gasteiger partial charge in [0.1, 0.15) is 0 Å². The van der Waals surface area contributed by atoms with Crippen LogP contribution in [0.25, 0.3) is 11.5 Å². The molecule has 5 heteroatoms. The maximum absolute atomic E-state index is 5.80. The van der Waals surface area contributed by atoms with Gasteiger partial charge in [0.25, 0.3) is 0 Å². The van der Waals surface area contributed by atoms with Crippen molar-refractivity contribution in [1.82, 2.24) is 20.0 Å². The molecular formula is C21H24N4O. The molecule has 0 amide bonds. The predicted octanol–water partition coefficient (Wildman–Crippen LogP) is 3.10. The van der Waals surface area contributed by atoms with Crippen molar-refractivity contribution in [3.63, 3.8) is 0 Å². The van der Waals surface area contributed by atoms with Gasteiger partial charge in [-0.25, -0.2) is 0 Å². The molecule has 0 aliphatic carbocycles. The standard InChI is InChI=1S/C21H24N4O/c1-3-7-18(8-4-1)17-25-15-13-24(14-16-25)12-11-20-22-23-21(26-20)19-9-5-2-6-10-19/h1-10H,11-17H2. The van der Waals surface area contributed by atoms with E-state index in [-0.39, 0.29) is 0 Å². The van der Waals surface area contributed by atoms with E-state index in [4.69, 9.17) is 4.42 Å². The second kappa shape index (κ2) is 8.25. The lowest BCUT2D eigenvalue weighted by atomic mass is 10.2. The van der Waals surface area contributed by atoms with E-state index in [2.05, 4.69) is 50.3 Å². The number of aromatic nitrogens is 2. The van der Waals surface area contributed by atoms with E-state index in [1.165, 1.54) is 5.56 Å². The first-order chi connectivity index (χ1) is 12.9. The second-order valence-corrected chi connectivity index (χ2v) is 6.72. The van der Waals surface area contributed by atoms with Crippen LogP contribution in [0.3, 0.4) is 0 Å². The molecule has 2 heterocycles. The molecule has 1 saturated heterocycles. The van der Waals surface area contributed by atoms with Crippen molar-refractivity contribution in [3.05, 3.63) is 72.1 Å². The molecular weight excluding hydrogens is 324 g/mol. The smallest absolute Gasteiger partial charge is 0.247 e. The Bertz CT molecular complexity index is 795. The fourth-order valence-corrected chi connectivity index (χ4v) is 3.32. The molecule has 1 aliphatic heterocycles. The van der Waals surface area contributed by atoms with Gasteiger partial charge in [-0.2, -0.15) is 0 Å². The Morgan fingerprint density at radius 3 is 2.15 bits per heavy atom. The van der Waals surface area contributed by atoms with Gasteiger partial charge in [0.15, 0.2) is 0 Å². The first-order valence-corrected chi connectivity index (χ1v) is 9.23. The van der Waals surface area contributed by atoms with Gasteiger partial charge in [0, 0.05) is 51.3 Å². The Morgan fingerprint density at radius 2 is 1.42 bits per heavy atom. The zero-order valence-corrected chi connectivity index (χ0v) is 14.9. The minimum atomic E-state index is 0.605. The molecule has 134 valence electrons. The highest BCUT2D eigenvalue weighted by Crippen LogP contribution is 2.17. The van der Waals surface area contributed by atoms with Gasteiger partial charge in [0.2, 0.25) is 11.8 Å². The number of rotatable bonds is 6. The number of hydrogen-bond acceptors (Lipinski definition) is 5. The monoisotopic (exact) mass is 348 g/mol. The minimum absolute atomic E-state index is 0.605. The van der Waals surface area contributed by atoms with Crippen LogP contribution in [-0.2, 0) is 13.0 Å². The Hall–Kier alpha value is -2.50. The number of nitrogens with zero attached hydrogens (tertiary/aromatic N) is 4. The summed E-state index contributed by atoms with van der Waals surface area (Å²) in [5, 5.41) is 8.36. The zero-order valence-electron chi connectivity index (χ0n) is 14.9. The summed E-state index contributed by atoms with van der Waals surface area (Å²) in [5.74, 6) is 1.32. The van der Waals surface area contributed by atoms with Crippen molar-refractivity contribution < 1.29 is 4.42 Å². The fourth-order valence-electron chi connectivity index (χ4n) is 3.32. The molecule has 0 N–H and O–H groups in total. The SMILES string of the molecule is c1ccc(CN2CCN(CCc3nnc(-c4ccccc4)o3)CC2)cc1. The third kappa shape index (κ3) is 4.36. The third-order valence-electron chi connectivity index (χ3n) is 4.84. The molecule has 0 atom stereocenters. The summed E-state index contributed by atoms with van der Waals surface area (Å²) in [7, 11) is 0. The van der Waals surface area contributed by atoms with Crippen LogP contribution in [0.1, 0.15) is 11.5 Å². The van der Waals surface area contributed by atoms with Gasteiger partial charge in [-0.3, -0.25) is 4.90 Å². The van der Waals surface area contributed by atoms with Crippen LogP contribution >= 0.6 is 0 Å². The molecule has 0 radical (unpaired) electrons. The van der Waals surface area contributed by atoms with E-state index in [0.717, 1.165) is 57.1 Å². The van der Waals surface area contributed by atoms with Crippen LogP contribution in [0.15, 0.2) is 65.1 Å². The van der Waals surface area contributed by atoms with Gasteiger partial charge in [-0.05, 0) is 17.7 Å². The minimum Gasteiger partial charge on any atom is -0.421 e. The Balaban J connectivity index is 1.23. The summed E-state index contributed by atoms with van der Waals surface area (Å²) in [6, 6.07) is 20.6. The highest BCUT2D eigenvalue weighted by Gasteiger charge is 2.17. The van der Waals surface area contributed by atoms with Crippen LogP contribution in [0, 0.1) is 0 Å². The molecule has 0 spiro atoms. The summed E-state index contributed by atoms with van der Waals surface area (Å²) in [4.78, 5) is 5.00. The van der Waals surface area contributed by atoms with Crippen LogP contribution in [-0.4, -0.2) is 52.7 Å². The average Bonchev–Trinajstić information content (AvgIpc) is 3.18. The van der Waals surface area contributed by atoms with Crippen molar-refractivity contribution in [2.75, 3.05) is 32.7 Å². The normalized spacial score (nSPS) is 16.0. The van der Waals surface area contributed by atoms with Gasteiger partial charge < -0.3 is 9.32 Å². The Kier molecular flexibility index (Phi) is 5.38. The zero-order chi connectivity index (χ0) is 17.6. The molecule has 3 aromatic rings. The molecule has 1 aliphatic rings. The molecule has 1 aromatic heterocycles. The summed E-state index contributed by atoms with van der Waals surface area (Å²) >= 11 is 0. The first kappa shape index (κ1) is 16.9. The molecule has 0 bridgehead atoms. The highest BCUT2D eigenvalue weighted by molar-refractivity contribution is 5.51. The topological polar surface area (TPSA) is 45.4 Å². The molecule has 26 heavy (non-hydrogen) atoms. The lowest BCUT2D eigenvalue weighted by molar-refractivity contribution is 0.126. The van der Waals surface area contributed by atoms with Crippen molar-refractivity contribution in [1.29, 1.82) is 0 Å². The molecule has 2 aromatic carbocycles. The van der Waals surface area contributed by atoms with Gasteiger partial charge in [-0.1, -0.05) is 48.5 Å². The molecule has 1 fully saturated rings. The summed E-state index contributed by atoms with van der Waals surface area (Å²) in [6.07, 6.45) is 0.804. The van der Waals surface area contributed by atoms with E-state index in [0.29, 0.717) is 5.89 Å². The number of hydrogen-bond donors (Lipinski definition) is 0. The summed E-state index contributed by atoms with van der Waals surface area (Å²) < 4.78 is 5.80. The van der Waals surface area contributed by atoms with E-state index in [1.807, 2.05) is 30.3 Å². The molecule has 5 nitrogen and oxygen atoms in total. The van der Waals surface area contributed by atoms with Crippen molar-refractivity contribution in [2.24, 2.45) is 0 Å². The maximum atomic E-state index is 5.80. The van der Waals surface area contributed by atoms with Crippen LogP contribution in [0.4, 0.5) is 0 Å². The lowest BCUT2D eigenvalue weighted by Gasteiger charge is -2.34. The lowest BCUT2D eigenvalue weighted by Crippen LogP contribution is -2.46. The van der Waals surface area contributed by atoms with Crippen LogP contribution in [0.5, 0.6) is 0 Å². The summed E-state index contributed by atoms with van der Waals surface area (Å²) in [6.45, 7) is 6.40. The van der Waals surface area contributed by atoms with Crippen molar-refractivity contribution >= 4 is 0 Å². The Labute approximate surface area is 154 Å².